The number of rotatable bonds is 8. The molecule has 33 heavy (non-hydrogen) atoms. The average Bonchev–Trinajstić information content (AvgIpc) is 2.94. The number of nitrogens with zero attached hydrogens (tertiary/aromatic N) is 2. The topological polar surface area (TPSA) is 66.5 Å². The van der Waals surface area contributed by atoms with Crippen LogP contribution >= 0.6 is 0 Å². The molecule has 1 spiro atoms. The molecule has 2 N–H and O–H groups in total. The highest BCUT2D eigenvalue weighted by molar-refractivity contribution is 5.92. The fourth-order valence-corrected chi connectivity index (χ4v) is 5.60. The van der Waals surface area contributed by atoms with Crippen LogP contribution in [0.3, 0.4) is 0 Å². The van der Waals surface area contributed by atoms with E-state index in [1.54, 1.807) is 7.11 Å². The molecule has 1 amide bonds. The monoisotopic (exact) mass is 452 g/mol. The maximum Gasteiger partial charge on any atom is 0.241 e. The van der Waals surface area contributed by atoms with Crippen molar-refractivity contribution in [2.45, 2.75) is 89.9 Å². The van der Waals surface area contributed by atoms with Gasteiger partial charge in [-0.05, 0) is 63.5 Å². The van der Waals surface area contributed by atoms with Crippen molar-refractivity contribution in [1.82, 2.24) is 15.2 Å². The Balaban J connectivity index is 1.42. The van der Waals surface area contributed by atoms with Crippen LogP contribution in [0.15, 0.2) is 30.5 Å². The van der Waals surface area contributed by atoms with Crippen LogP contribution in [0.25, 0.3) is 10.9 Å². The van der Waals surface area contributed by atoms with Crippen LogP contribution in [0.4, 0.5) is 5.69 Å². The van der Waals surface area contributed by atoms with Crippen molar-refractivity contribution in [2.75, 3.05) is 19.0 Å². The van der Waals surface area contributed by atoms with Gasteiger partial charge in [-0.2, -0.15) is 0 Å². The molecule has 2 fully saturated rings. The van der Waals surface area contributed by atoms with E-state index in [4.69, 9.17) is 4.74 Å². The summed E-state index contributed by atoms with van der Waals surface area (Å²) in [4.78, 5) is 20.1. The smallest absolute Gasteiger partial charge is 0.241 e. The van der Waals surface area contributed by atoms with Crippen molar-refractivity contribution < 1.29 is 9.53 Å². The first-order valence-corrected chi connectivity index (χ1v) is 12.7. The number of hydrogen-bond acceptors (Lipinski definition) is 5. The van der Waals surface area contributed by atoms with E-state index in [0.717, 1.165) is 54.6 Å². The zero-order valence-corrected chi connectivity index (χ0v) is 20.7. The van der Waals surface area contributed by atoms with E-state index in [1.807, 2.05) is 24.4 Å². The van der Waals surface area contributed by atoms with Gasteiger partial charge in [0, 0.05) is 30.2 Å². The zero-order chi connectivity index (χ0) is 23.4. The summed E-state index contributed by atoms with van der Waals surface area (Å²) < 4.78 is 5.49. The molecule has 180 valence electrons. The highest BCUT2D eigenvalue weighted by Gasteiger charge is 2.50. The molecule has 6 nitrogen and oxygen atoms in total. The molecule has 1 aromatic carbocycles. The molecule has 6 heteroatoms. The van der Waals surface area contributed by atoms with E-state index in [-0.39, 0.29) is 17.7 Å². The number of methoxy groups -OCH3 is 1. The molecular formula is C27H40N4O2. The lowest BCUT2D eigenvalue weighted by Crippen LogP contribution is -2.53. The Morgan fingerprint density at radius 2 is 1.97 bits per heavy atom. The summed E-state index contributed by atoms with van der Waals surface area (Å²) in [5.41, 5.74) is 1.82. The van der Waals surface area contributed by atoms with Crippen molar-refractivity contribution in [1.29, 1.82) is 0 Å². The maximum atomic E-state index is 13.3. The van der Waals surface area contributed by atoms with E-state index < -0.39 is 0 Å². The molecule has 4 rings (SSSR count). The molecular weight excluding hydrogens is 412 g/mol. The number of benzene rings is 1. The number of aromatic nitrogens is 1. The van der Waals surface area contributed by atoms with Gasteiger partial charge in [-0.3, -0.25) is 15.1 Å². The number of amides is 1. The van der Waals surface area contributed by atoms with Crippen LogP contribution in [0, 0.1) is 5.92 Å². The normalized spacial score (nSPS) is 21.5. The van der Waals surface area contributed by atoms with Gasteiger partial charge in [-0.15, -0.1) is 0 Å². The predicted octanol–water partition coefficient (Wildman–Crippen LogP) is 5.33. The molecule has 1 saturated carbocycles. The van der Waals surface area contributed by atoms with Crippen LogP contribution in [-0.4, -0.2) is 47.2 Å². The molecule has 2 aliphatic rings. The predicted molar refractivity (Wildman–Crippen MR) is 135 cm³/mol. The Morgan fingerprint density at radius 1 is 1.21 bits per heavy atom. The van der Waals surface area contributed by atoms with Crippen LogP contribution in [0.2, 0.25) is 0 Å². The Morgan fingerprint density at radius 3 is 2.67 bits per heavy atom. The van der Waals surface area contributed by atoms with E-state index in [0.29, 0.717) is 11.8 Å². The van der Waals surface area contributed by atoms with Gasteiger partial charge in [-0.25, -0.2) is 0 Å². The number of fused-ring (bicyclic) bond motifs is 1. The summed E-state index contributed by atoms with van der Waals surface area (Å²) in [6.45, 7) is 7.33. The van der Waals surface area contributed by atoms with Crippen molar-refractivity contribution in [3.05, 3.63) is 30.5 Å². The second kappa shape index (κ2) is 10.3. The molecule has 1 unspecified atom stereocenters. The largest absolute Gasteiger partial charge is 0.497 e. The fourth-order valence-electron chi connectivity index (χ4n) is 5.60. The van der Waals surface area contributed by atoms with Crippen LogP contribution in [0.5, 0.6) is 5.75 Å². The molecule has 2 aromatic rings. The maximum absolute atomic E-state index is 13.3. The summed E-state index contributed by atoms with van der Waals surface area (Å²) >= 11 is 0. The SMILES string of the molecule is COc1cc(NC(C)CCCN2C(=O)[C@H](C(C)C)NC23CCCCCC3)c2ncccc2c1. The summed E-state index contributed by atoms with van der Waals surface area (Å²) in [6, 6.07) is 8.26. The van der Waals surface area contributed by atoms with E-state index in [2.05, 4.69) is 47.4 Å². The van der Waals surface area contributed by atoms with Crippen LogP contribution in [0.1, 0.15) is 72.1 Å². The summed E-state index contributed by atoms with van der Waals surface area (Å²) in [7, 11) is 1.69. The van der Waals surface area contributed by atoms with Gasteiger partial charge in [0.15, 0.2) is 0 Å². The third kappa shape index (κ3) is 5.11. The molecule has 1 aliphatic carbocycles. The number of anilines is 1. The standard InChI is InChI=1S/C27H40N4O2/c1-19(2)24-26(32)31(27(30-24)13-7-5-6-8-14-27)16-10-11-20(3)29-23-18-22(33-4)17-21-12-9-15-28-25(21)23/h9,12,15,17-20,24,29-30H,5-8,10-11,13-14,16H2,1-4H3/t20?,24-/m0/s1. The fraction of sp³-hybridized carbons (Fsp3) is 0.630. The Hall–Kier alpha value is -2.34. The number of pyridine rings is 1. The van der Waals surface area contributed by atoms with E-state index >= 15 is 0 Å². The van der Waals surface area contributed by atoms with Crippen molar-refractivity contribution in [2.24, 2.45) is 5.92 Å². The lowest BCUT2D eigenvalue weighted by Gasteiger charge is -2.38. The van der Waals surface area contributed by atoms with E-state index in [9.17, 15) is 4.79 Å². The lowest BCUT2D eigenvalue weighted by atomic mass is 9.98. The third-order valence-corrected chi connectivity index (χ3v) is 7.41. The third-order valence-electron chi connectivity index (χ3n) is 7.41. The van der Waals surface area contributed by atoms with E-state index in [1.165, 1.54) is 25.7 Å². The lowest BCUT2D eigenvalue weighted by molar-refractivity contribution is -0.133. The minimum absolute atomic E-state index is 0.0483. The van der Waals surface area contributed by atoms with Gasteiger partial charge in [0.1, 0.15) is 5.75 Å². The number of ether oxygens (including phenoxy) is 1. The quantitative estimate of drug-likeness (QED) is 0.567. The highest BCUT2D eigenvalue weighted by atomic mass is 16.5. The van der Waals surface area contributed by atoms with Crippen LogP contribution < -0.4 is 15.4 Å². The molecule has 1 aromatic heterocycles. The van der Waals surface area contributed by atoms with Crippen molar-refractivity contribution in [3.63, 3.8) is 0 Å². The van der Waals surface area contributed by atoms with Crippen molar-refractivity contribution in [3.8, 4) is 5.75 Å². The van der Waals surface area contributed by atoms with Crippen molar-refractivity contribution >= 4 is 22.5 Å². The Kier molecular flexibility index (Phi) is 7.42. The summed E-state index contributed by atoms with van der Waals surface area (Å²) in [5, 5.41) is 8.50. The number of nitrogens with one attached hydrogen (secondary N) is 2. The van der Waals surface area contributed by atoms with Gasteiger partial charge in [0.25, 0.3) is 0 Å². The van der Waals surface area contributed by atoms with Crippen LogP contribution in [-0.2, 0) is 4.79 Å². The van der Waals surface area contributed by atoms with Gasteiger partial charge in [0.05, 0.1) is 30.0 Å². The second-order valence-electron chi connectivity index (χ2n) is 10.2. The minimum atomic E-state index is -0.133. The first-order valence-electron chi connectivity index (χ1n) is 12.7. The van der Waals surface area contributed by atoms with Gasteiger partial charge in [0.2, 0.25) is 5.91 Å². The molecule has 0 radical (unpaired) electrons. The van der Waals surface area contributed by atoms with Gasteiger partial charge >= 0.3 is 0 Å². The van der Waals surface area contributed by atoms with Gasteiger partial charge in [-0.1, -0.05) is 32.8 Å². The summed E-state index contributed by atoms with van der Waals surface area (Å²) in [5.74, 6) is 1.45. The second-order valence-corrected chi connectivity index (χ2v) is 10.2. The highest BCUT2D eigenvalue weighted by Crippen LogP contribution is 2.37. The van der Waals surface area contributed by atoms with Gasteiger partial charge < -0.3 is 15.0 Å². The molecule has 1 saturated heterocycles. The molecule has 0 bridgehead atoms. The number of hydrogen-bond donors (Lipinski definition) is 2. The molecule has 2 heterocycles. The number of carbonyl (C=O) groups excluding carboxylic acids is 1. The first-order chi connectivity index (χ1) is 15.9. The Bertz CT molecular complexity index is 952. The average molecular weight is 453 g/mol. The summed E-state index contributed by atoms with van der Waals surface area (Å²) in [6.07, 6.45) is 10.9. The molecule has 2 atom stereocenters. The first kappa shape index (κ1) is 23.8. The Labute approximate surface area is 198 Å². The molecule has 1 aliphatic heterocycles. The minimum Gasteiger partial charge on any atom is -0.497 e. The zero-order valence-electron chi connectivity index (χ0n) is 20.7. The number of carbonyl (C=O) groups is 1.